The Kier molecular flexibility index (Phi) is 6.05. The lowest BCUT2D eigenvalue weighted by Crippen LogP contribution is -2.04. The number of aryl methyl sites for hydroxylation is 2. The SMILES string of the molecule is COc1ccccc1C(C#N)CCCOc1ccc(C)cc1C. The lowest BCUT2D eigenvalue weighted by molar-refractivity contribution is 0.302. The van der Waals surface area contributed by atoms with Crippen LogP contribution >= 0.6 is 0 Å². The standard InChI is InChI=1S/C20H23NO2/c1-15-10-11-19(16(2)13-15)23-12-6-7-17(14-21)18-8-4-5-9-20(18)22-3/h4-5,8-11,13,17H,6-7,12H2,1-3H3. The van der Waals surface area contributed by atoms with Gasteiger partial charge in [0.25, 0.3) is 0 Å². The molecule has 0 amide bonds. The highest BCUT2D eigenvalue weighted by atomic mass is 16.5. The zero-order chi connectivity index (χ0) is 16.7. The number of benzene rings is 2. The van der Waals surface area contributed by atoms with Gasteiger partial charge < -0.3 is 9.47 Å². The molecule has 3 nitrogen and oxygen atoms in total. The van der Waals surface area contributed by atoms with Gasteiger partial charge in [0, 0.05) is 5.56 Å². The fourth-order valence-corrected chi connectivity index (χ4v) is 2.67. The fourth-order valence-electron chi connectivity index (χ4n) is 2.67. The highest BCUT2D eigenvalue weighted by Crippen LogP contribution is 2.29. The summed E-state index contributed by atoms with van der Waals surface area (Å²) < 4.78 is 11.2. The maximum absolute atomic E-state index is 9.44. The van der Waals surface area contributed by atoms with Gasteiger partial charge in [-0.05, 0) is 44.4 Å². The Morgan fingerprint density at radius 1 is 1.09 bits per heavy atom. The maximum atomic E-state index is 9.44. The molecule has 0 bridgehead atoms. The lowest BCUT2D eigenvalue weighted by Gasteiger charge is -2.14. The second kappa shape index (κ2) is 8.24. The monoisotopic (exact) mass is 309 g/mol. The number of rotatable bonds is 7. The molecule has 0 heterocycles. The molecular weight excluding hydrogens is 286 g/mol. The Balaban J connectivity index is 1.90. The molecule has 1 atom stereocenters. The van der Waals surface area contributed by atoms with E-state index in [4.69, 9.17) is 9.47 Å². The minimum Gasteiger partial charge on any atom is -0.496 e. The van der Waals surface area contributed by atoms with Crippen LogP contribution < -0.4 is 9.47 Å². The molecule has 0 aliphatic heterocycles. The van der Waals surface area contributed by atoms with Crippen LogP contribution in [0.1, 0.15) is 35.4 Å². The summed E-state index contributed by atoms with van der Waals surface area (Å²) in [5.41, 5.74) is 3.33. The molecule has 23 heavy (non-hydrogen) atoms. The summed E-state index contributed by atoms with van der Waals surface area (Å²) in [7, 11) is 1.64. The highest BCUT2D eigenvalue weighted by Gasteiger charge is 2.15. The van der Waals surface area contributed by atoms with E-state index in [1.165, 1.54) is 5.56 Å². The van der Waals surface area contributed by atoms with Crippen LogP contribution in [0.2, 0.25) is 0 Å². The molecule has 0 saturated carbocycles. The number of ether oxygens (including phenoxy) is 2. The third-order valence-electron chi connectivity index (χ3n) is 3.90. The van der Waals surface area contributed by atoms with E-state index in [1.54, 1.807) is 7.11 Å². The van der Waals surface area contributed by atoms with Gasteiger partial charge >= 0.3 is 0 Å². The molecule has 0 spiro atoms. The van der Waals surface area contributed by atoms with Gasteiger partial charge in [-0.1, -0.05) is 35.9 Å². The Morgan fingerprint density at radius 3 is 2.57 bits per heavy atom. The summed E-state index contributed by atoms with van der Waals surface area (Å²) in [6.45, 7) is 4.73. The summed E-state index contributed by atoms with van der Waals surface area (Å²) in [4.78, 5) is 0. The van der Waals surface area contributed by atoms with E-state index in [0.29, 0.717) is 6.61 Å². The molecule has 0 N–H and O–H groups in total. The van der Waals surface area contributed by atoms with Crippen LogP contribution in [-0.2, 0) is 0 Å². The Bertz CT molecular complexity index is 688. The molecule has 2 rings (SSSR count). The van der Waals surface area contributed by atoms with Gasteiger partial charge in [0.1, 0.15) is 11.5 Å². The van der Waals surface area contributed by atoms with Gasteiger partial charge in [0.2, 0.25) is 0 Å². The number of nitrogens with zero attached hydrogens (tertiary/aromatic N) is 1. The molecule has 0 aromatic heterocycles. The van der Waals surface area contributed by atoms with Crippen molar-refractivity contribution in [3.63, 3.8) is 0 Å². The first-order chi connectivity index (χ1) is 11.2. The zero-order valence-corrected chi connectivity index (χ0v) is 14.0. The van der Waals surface area contributed by atoms with Gasteiger partial charge in [0.15, 0.2) is 0 Å². The molecule has 0 radical (unpaired) electrons. The number of hydrogen-bond donors (Lipinski definition) is 0. The van der Waals surface area contributed by atoms with Crippen LogP contribution in [0, 0.1) is 25.2 Å². The fraction of sp³-hybridized carbons (Fsp3) is 0.350. The molecule has 0 fully saturated rings. The van der Waals surface area contributed by atoms with E-state index in [-0.39, 0.29) is 5.92 Å². The number of hydrogen-bond acceptors (Lipinski definition) is 3. The summed E-state index contributed by atoms with van der Waals surface area (Å²) in [6.07, 6.45) is 1.57. The number of para-hydroxylation sites is 1. The first-order valence-electron chi connectivity index (χ1n) is 7.88. The molecule has 120 valence electrons. The lowest BCUT2D eigenvalue weighted by atomic mass is 9.95. The largest absolute Gasteiger partial charge is 0.496 e. The van der Waals surface area contributed by atoms with Crippen molar-refractivity contribution in [2.75, 3.05) is 13.7 Å². The molecule has 1 unspecified atom stereocenters. The number of nitriles is 1. The van der Waals surface area contributed by atoms with Crippen molar-refractivity contribution in [3.8, 4) is 17.6 Å². The van der Waals surface area contributed by atoms with Crippen LogP contribution in [-0.4, -0.2) is 13.7 Å². The molecule has 2 aromatic rings. The van der Waals surface area contributed by atoms with E-state index < -0.39 is 0 Å². The molecule has 0 aliphatic rings. The van der Waals surface area contributed by atoms with Gasteiger partial charge in [-0.25, -0.2) is 0 Å². The smallest absolute Gasteiger partial charge is 0.123 e. The van der Waals surface area contributed by atoms with E-state index in [9.17, 15) is 5.26 Å². The van der Waals surface area contributed by atoms with Crippen molar-refractivity contribution in [1.82, 2.24) is 0 Å². The Labute approximate surface area is 138 Å². The predicted octanol–water partition coefficient (Wildman–Crippen LogP) is 4.78. The average molecular weight is 309 g/mol. The molecule has 3 heteroatoms. The zero-order valence-electron chi connectivity index (χ0n) is 14.0. The second-order valence-corrected chi connectivity index (χ2v) is 5.68. The highest BCUT2D eigenvalue weighted by molar-refractivity contribution is 5.39. The van der Waals surface area contributed by atoms with Crippen LogP contribution in [0.15, 0.2) is 42.5 Å². The first-order valence-corrected chi connectivity index (χ1v) is 7.88. The molecular formula is C20H23NO2. The third kappa shape index (κ3) is 4.50. The van der Waals surface area contributed by atoms with E-state index in [1.807, 2.05) is 30.3 Å². The Hall–Kier alpha value is -2.47. The van der Waals surface area contributed by atoms with Crippen LogP contribution in [0.5, 0.6) is 11.5 Å². The number of methoxy groups -OCH3 is 1. The Morgan fingerprint density at radius 2 is 1.87 bits per heavy atom. The topological polar surface area (TPSA) is 42.2 Å². The first kappa shape index (κ1) is 16.9. The summed E-state index contributed by atoms with van der Waals surface area (Å²) in [5, 5.41) is 9.44. The predicted molar refractivity (Wildman–Crippen MR) is 92.0 cm³/mol. The second-order valence-electron chi connectivity index (χ2n) is 5.68. The molecule has 2 aromatic carbocycles. The van der Waals surface area contributed by atoms with Crippen molar-refractivity contribution in [1.29, 1.82) is 5.26 Å². The van der Waals surface area contributed by atoms with E-state index in [2.05, 4.69) is 32.0 Å². The van der Waals surface area contributed by atoms with Crippen LogP contribution in [0.3, 0.4) is 0 Å². The normalized spacial score (nSPS) is 11.6. The van der Waals surface area contributed by atoms with Gasteiger partial charge in [-0.15, -0.1) is 0 Å². The summed E-state index contributed by atoms with van der Waals surface area (Å²) in [5.74, 6) is 1.52. The average Bonchev–Trinajstić information content (AvgIpc) is 2.56. The van der Waals surface area contributed by atoms with Gasteiger partial charge in [0.05, 0.1) is 25.7 Å². The molecule has 0 aliphatic carbocycles. The van der Waals surface area contributed by atoms with E-state index in [0.717, 1.165) is 35.5 Å². The summed E-state index contributed by atoms with van der Waals surface area (Å²) >= 11 is 0. The van der Waals surface area contributed by atoms with Crippen molar-refractivity contribution in [3.05, 3.63) is 59.2 Å². The minimum absolute atomic E-state index is 0.172. The molecule has 0 saturated heterocycles. The van der Waals surface area contributed by atoms with Crippen molar-refractivity contribution < 1.29 is 9.47 Å². The third-order valence-corrected chi connectivity index (χ3v) is 3.90. The quantitative estimate of drug-likeness (QED) is 0.691. The van der Waals surface area contributed by atoms with Gasteiger partial charge in [-0.3, -0.25) is 0 Å². The van der Waals surface area contributed by atoms with Crippen molar-refractivity contribution in [2.24, 2.45) is 0 Å². The van der Waals surface area contributed by atoms with Crippen molar-refractivity contribution in [2.45, 2.75) is 32.6 Å². The minimum atomic E-state index is -0.172. The van der Waals surface area contributed by atoms with E-state index >= 15 is 0 Å². The van der Waals surface area contributed by atoms with Crippen LogP contribution in [0.25, 0.3) is 0 Å². The maximum Gasteiger partial charge on any atom is 0.123 e. The van der Waals surface area contributed by atoms with Gasteiger partial charge in [-0.2, -0.15) is 5.26 Å². The van der Waals surface area contributed by atoms with Crippen LogP contribution in [0.4, 0.5) is 0 Å². The van der Waals surface area contributed by atoms with Crippen molar-refractivity contribution >= 4 is 0 Å². The summed E-state index contributed by atoms with van der Waals surface area (Å²) in [6, 6.07) is 16.3.